The highest BCUT2D eigenvalue weighted by molar-refractivity contribution is 6.42. The molecule has 3 fully saturated rings. The average Bonchev–Trinajstić information content (AvgIpc) is 3.69. The molecule has 2 aromatic rings. The Labute approximate surface area is 246 Å². The third-order valence-electron chi connectivity index (χ3n) is 9.32. The van der Waals surface area contributed by atoms with E-state index in [1.165, 1.54) is 0 Å². The second-order valence-corrected chi connectivity index (χ2v) is 12.6. The molecule has 2 atom stereocenters. The molecule has 6 rings (SSSR count). The molecule has 9 heteroatoms. The minimum Gasteiger partial charge on any atom is -0.488 e. The lowest BCUT2D eigenvalue weighted by molar-refractivity contribution is -0.129. The van der Waals surface area contributed by atoms with Crippen LogP contribution in [0.4, 0.5) is 5.69 Å². The van der Waals surface area contributed by atoms with Crippen molar-refractivity contribution in [1.82, 2.24) is 15.1 Å². The molecular weight excluding hydrogens is 547 g/mol. The van der Waals surface area contributed by atoms with Gasteiger partial charge in [-0.25, -0.2) is 0 Å². The van der Waals surface area contributed by atoms with Crippen LogP contribution < -0.4 is 10.2 Å². The van der Waals surface area contributed by atoms with E-state index in [4.69, 9.17) is 27.9 Å². The number of amides is 2. The van der Waals surface area contributed by atoms with Crippen molar-refractivity contribution in [2.45, 2.75) is 43.6 Å². The first-order valence-electron chi connectivity index (χ1n) is 14.2. The molecule has 2 unspecified atom stereocenters. The summed E-state index contributed by atoms with van der Waals surface area (Å²) >= 11 is 12.7. The summed E-state index contributed by atoms with van der Waals surface area (Å²) in [6, 6.07) is 16.1. The van der Waals surface area contributed by atoms with Crippen LogP contribution in [0.15, 0.2) is 60.4 Å². The molecule has 0 aromatic heterocycles. The van der Waals surface area contributed by atoms with E-state index in [0.717, 1.165) is 56.6 Å². The summed E-state index contributed by atoms with van der Waals surface area (Å²) in [6.07, 6.45) is 5.22. The fourth-order valence-electron chi connectivity index (χ4n) is 6.87. The van der Waals surface area contributed by atoms with Crippen molar-refractivity contribution in [3.05, 3.63) is 76.0 Å². The van der Waals surface area contributed by atoms with Gasteiger partial charge in [0.15, 0.2) is 5.76 Å². The Morgan fingerprint density at radius 2 is 1.82 bits per heavy atom. The van der Waals surface area contributed by atoms with Crippen LogP contribution in [0.2, 0.25) is 10.0 Å². The quantitative estimate of drug-likeness (QED) is 0.528. The molecule has 7 nitrogen and oxygen atoms in total. The summed E-state index contributed by atoms with van der Waals surface area (Å²) in [4.78, 5) is 33.0. The Morgan fingerprint density at radius 1 is 1.05 bits per heavy atom. The molecule has 212 valence electrons. The van der Waals surface area contributed by atoms with E-state index in [2.05, 4.69) is 40.2 Å². The number of nitrogens with one attached hydrogen (secondary N) is 1. The van der Waals surface area contributed by atoms with E-state index in [1.807, 2.05) is 41.3 Å². The van der Waals surface area contributed by atoms with Gasteiger partial charge in [0.1, 0.15) is 5.54 Å². The van der Waals surface area contributed by atoms with Crippen molar-refractivity contribution in [2.75, 3.05) is 50.9 Å². The summed E-state index contributed by atoms with van der Waals surface area (Å²) in [5, 5.41) is 4.16. The first kappa shape index (κ1) is 27.4. The molecule has 0 bridgehead atoms. The van der Waals surface area contributed by atoms with E-state index in [0.29, 0.717) is 42.2 Å². The van der Waals surface area contributed by atoms with E-state index in [9.17, 15) is 9.59 Å². The lowest BCUT2D eigenvalue weighted by atomic mass is 9.76. The maximum atomic E-state index is 13.3. The molecule has 2 aromatic carbocycles. The number of ether oxygens (including phenoxy) is 1. The number of nitrogens with zero attached hydrogens (tertiary/aromatic N) is 3. The van der Waals surface area contributed by atoms with Crippen molar-refractivity contribution in [3.8, 4) is 0 Å². The van der Waals surface area contributed by atoms with Gasteiger partial charge in [0.25, 0.3) is 5.91 Å². The summed E-state index contributed by atoms with van der Waals surface area (Å²) < 4.78 is 5.68. The van der Waals surface area contributed by atoms with Crippen molar-refractivity contribution < 1.29 is 14.3 Å². The van der Waals surface area contributed by atoms with E-state index < -0.39 is 5.54 Å². The van der Waals surface area contributed by atoms with Crippen molar-refractivity contribution in [3.63, 3.8) is 0 Å². The molecular formula is C31H36Cl2N4O3. The van der Waals surface area contributed by atoms with E-state index in [1.54, 1.807) is 0 Å². The smallest absolute Gasteiger partial charge is 0.288 e. The number of carbonyl (C=O) groups excluding carboxylic acids is 2. The maximum Gasteiger partial charge on any atom is 0.288 e. The Bertz CT molecular complexity index is 1310. The van der Waals surface area contributed by atoms with Crippen molar-refractivity contribution >= 4 is 40.7 Å². The lowest BCUT2D eigenvalue weighted by Crippen LogP contribution is -2.56. The summed E-state index contributed by atoms with van der Waals surface area (Å²) in [7, 11) is 0. The van der Waals surface area contributed by atoms with Gasteiger partial charge in [0, 0.05) is 43.2 Å². The number of para-hydroxylation sites is 1. The van der Waals surface area contributed by atoms with Gasteiger partial charge in [0.05, 0.1) is 23.3 Å². The molecule has 0 aliphatic carbocycles. The molecule has 4 heterocycles. The predicted molar refractivity (Wildman–Crippen MR) is 157 cm³/mol. The second kappa shape index (κ2) is 10.9. The number of benzene rings is 2. The Kier molecular flexibility index (Phi) is 7.49. The zero-order chi connectivity index (χ0) is 27.9. The maximum absolute atomic E-state index is 13.3. The number of hydrogen-bond acceptors (Lipinski definition) is 5. The molecule has 4 aliphatic heterocycles. The van der Waals surface area contributed by atoms with Crippen LogP contribution in [-0.4, -0.2) is 73.2 Å². The number of hydrogen-bond donors (Lipinski definition) is 1. The first-order valence-corrected chi connectivity index (χ1v) is 15.0. The molecule has 0 saturated carbocycles. The van der Waals surface area contributed by atoms with Crippen LogP contribution in [0.3, 0.4) is 0 Å². The van der Waals surface area contributed by atoms with Crippen molar-refractivity contribution in [2.24, 2.45) is 5.92 Å². The van der Waals surface area contributed by atoms with Crippen LogP contribution in [0.1, 0.15) is 38.2 Å². The number of rotatable bonds is 6. The molecule has 1 spiro atoms. The number of likely N-dealkylation sites (tertiary alicyclic amines) is 2. The zero-order valence-electron chi connectivity index (χ0n) is 22.9. The third-order valence-corrected chi connectivity index (χ3v) is 10.1. The molecule has 40 heavy (non-hydrogen) atoms. The van der Waals surface area contributed by atoms with Gasteiger partial charge in [0.2, 0.25) is 5.91 Å². The van der Waals surface area contributed by atoms with Gasteiger partial charge in [-0.2, -0.15) is 0 Å². The second-order valence-electron chi connectivity index (χ2n) is 11.8. The fraction of sp³-hybridized carbons (Fsp3) is 0.484. The molecule has 1 N–H and O–H groups in total. The van der Waals surface area contributed by atoms with Crippen LogP contribution in [0.5, 0.6) is 0 Å². The summed E-state index contributed by atoms with van der Waals surface area (Å²) in [5.74, 6) is 0.825. The SMILES string of the molecule is CC1C=C(C(=O)N2CCC(CCN3CCC4(CC3)C(=O)NCN4c3ccccc3)(c3ccc(Cl)c(Cl)c3)C2)OC1. The summed E-state index contributed by atoms with van der Waals surface area (Å²) in [5.41, 5.74) is 1.47. The number of carbonyl (C=O) groups is 2. The highest BCUT2D eigenvalue weighted by Crippen LogP contribution is 2.42. The fourth-order valence-corrected chi connectivity index (χ4v) is 7.17. The van der Waals surface area contributed by atoms with Gasteiger partial charge in [-0.3, -0.25) is 9.59 Å². The minimum atomic E-state index is -0.498. The van der Waals surface area contributed by atoms with Gasteiger partial charge in [-0.1, -0.05) is 54.4 Å². The lowest BCUT2D eigenvalue weighted by Gasteiger charge is -2.44. The van der Waals surface area contributed by atoms with Crippen LogP contribution in [0, 0.1) is 5.92 Å². The number of anilines is 1. The van der Waals surface area contributed by atoms with Crippen molar-refractivity contribution in [1.29, 1.82) is 0 Å². The van der Waals surface area contributed by atoms with Gasteiger partial charge >= 0.3 is 0 Å². The third kappa shape index (κ3) is 4.97. The normalized spacial score (nSPS) is 26.2. The van der Waals surface area contributed by atoms with E-state index >= 15 is 0 Å². The predicted octanol–water partition coefficient (Wildman–Crippen LogP) is 4.83. The minimum absolute atomic E-state index is 0.0283. The topological polar surface area (TPSA) is 65.1 Å². The van der Waals surface area contributed by atoms with Crippen LogP contribution in [0.25, 0.3) is 0 Å². The van der Waals surface area contributed by atoms with E-state index in [-0.39, 0.29) is 23.1 Å². The monoisotopic (exact) mass is 582 g/mol. The zero-order valence-corrected chi connectivity index (χ0v) is 24.4. The number of halogens is 2. The van der Waals surface area contributed by atoms with Gasteiger partial charge < -0.3 is 24.8 Å². The Hall–Kier alpha value is -2.74. The first-order chi connectivity index (χ1) is 19.3. The molecule has 3 saturated heterocycles. The highest BCUT2D eigenvalue weighted by atomic mass is 35.5. The average molecular weight is 584 g/mol. The highest BCUT2D eigenvalue weighted by Gasteiger charge is 2.50. The number of piperidine rings is 1. The van der Waals surface area contributed by atoms with Gasteiger partial charge in [-0.15, -0.1) is 0 Å². The largest absolute Gasteiger partial charge is 0.488 e. The molecule has 4 aliphatic rings. The van der Waals surface area contributed by atoms with Gasteiger partial charge in [-0.05, 0) is 68.1 Å². The molecule has 2 amide bonds. The molecule has 0 radical (unpaired) electrons. The standard InChI is InChI=1S/C31H36Cl2N4O3/c1-22-17-27(40-19-22)28(38)36-16-10-30(20-36,23-7-8-25(32)26(33)18-23)9-13-35-14-11-31(12-15-35)29(39)34-21-37(31)24-5-3-2-4-6-24/h2-8,17-18,22H,9-16,19-21H2,1H3,(H,34,39). The Morgan fingerprint density at radius 3 is 2.52 bits per heavy atom. The van der Waals surface area contributed by atoms with Crippen LogP contribution >= 0.6 is 23.2 Å². The Balaban J connectivity index is 1.17. The van der Waals surface area contributed by atoms with Crippen LogP contribution in [-0.2, 0) is 19.7 Å². The summed E-state index contributed by atoms with van der Waals surface area (Å²) in [6.45, 7) is 7.01.